The number of carbonyl (C=O) groups is 3. The standard InChI is InChI=1S/C77H132O6/c1-4-7-10-13-16-19-22-25-28-31-34-37-38-41-43-46-49-52-55-58-61-64-67-70-76(79)82-73-74(83-77(80)71-68-65-62-59-56-53-50-47-44-40-36-33-30-27-24-21-18-15-12-9-6-3)72-81-75(78)69-66-63-60-57-54-51-48-45-42-39-35-32-29-26-23-20-17-14-11-8-5-2/h7,10,16,19,24-25,27-28,32-37,41,43-44,47,74H,4-6,8-9,11-15,17-18,20-23,26,29-31,38-40,42,45-46,48-73H2,1-3H3/b10-7-,19-16-,27-24-,28-25-,35-32-,36-33-,37-34-,43-41-,47-44-. The highest BCUT2D eigenvalue weighted by Crippen LogP contribution is 2.16. The Balaban J connectivity index is 4.44. The molecule has 0 spiro atoms. The van der Waals surface area contributed by atoms with E-state index in [9.17, 15) is 14.4 Å². The lowest BCUT2D eigenvalue weighted by atomic mass is 10.1. The minimum Gasteiger partial charge on any atom is -0.462 e. The summed E-state index contributed by atoms with van der Waals surface area (Å²) in [6, 6.07) is 0. The summed E-state index contributed by atoms with van der Waals surface area (Å²) in [7, 11) is 0. The normalized spacial score (nSPS) is 12.8. The molecular weight excluding hydrogens is 1020 g/mol. The Bertz CT molecular complexity index is 1660. The molecule has 1 unspecified atom stereocenters. The molecule has 0 bridgehead atoms. The molecule has 476 valence electrons. The molecule has 0 aliphatic carbocycles. The largest absolute Gasteiger partial charge is 0.462 e. The number of ether oxygens (including phenoxy) is 3. The Hall–Kier alpha value is -3.93. The van der Waals surface area contributed by atoms with Gasteiger partial charge >= 0.3 is 17.9 Å². The fraction of sp³-hybridized carbons (Fsp3) is 0.727. The molecule has 0 aliphatic heterocycles. The Morgan fingerprint density at radius 3 is 0.747 bits per heavy atom. The quantitative estimate of drug-likeness (QED) is 0.0261. The molecule has 0 saturated carbocycles. The third kappa shape index (κ3) is 68.7. The number of carbonyl (C=O) groups excluding carboxylic acids is 3. The lowest BCUT2D eigenvalue weighted by molar-refractivity contribution is -0.167. The minimum absolute atomic E-state index is 0.0879. The molecule has 0 rings (SSSR count). The second kappa shape index (κ2) is 70.6. The SMILES string of the molecule is CC/C=C\C/C=C\C/C=C\C/C=C\C/C=C\CCCCCCCCCC(=O)OCC(COC(=O)CCCCCCCCCCC/C=C\CCCCCCCCCC)OC(=O)CCCCCCCC/C=C\C/C=C\C/C=C\CCCCCCC. The Morgan fingerprint density at radius 2 is 0.470 bits per heavy atom. The van der Waals surface area contributed by atoms with Crippen molar-refractivity contribution in [2.75, 3.05) is 13.2 Å². The predicted molar refractivity (Wildman–Crippen MR) is 362 cm³/mol. The van der Waals surface area contributed by atoms with Gasteiger partial charge in [0.2, 0.25) is 0 Å². The molecule has 0 aliphatic rings. The van der Waals surface area contributed by atoms with Gasteiger partial charge in [0, 0.05) is 19.3 Å². The highest BCUT2D eigenvalue weighted by atomic mass is 16.6. The summed E-state index contributed by atoms with van der Waals surface area (Å²) in [6.07, 6.45) is 96.7. The number of rotatable bonds is 64. The third-order valence-corrected chi connectivity index (χ3v) is 15.2. The molecule has 0 radical (unpaired) electrons. The van der Waals surface area contributed by atoms with E-state index in [0.29, 0.717) is 19.3 Å². The molecule has 0 saturated heterocycles. The number of hydrogen-bond acceptors (Lipinski definition) is 6. The molecule has 0 heterocycles. The summed E-state index contributed by atoms with van der Waals surface area (Å²) >= 11 is 0. The maximum absolute atomic E-state index is 13.0. The third-order valence-electron chi connectivity index (χ3n) is 15.2. The Labute approximate surface area is 514 Å². The first-order chi connectivity index (χ1) is 41.0. The van der Waals surface area contributed by atoms with Crippen LogP contribution < -0.4 is 0 Å². The fourth-order valence-electron chi connectivity index (χ4n) is 9.94. The molecule has 0 aromatic heterocycles. The van der Waals surface area contributed by atoms with Crippen LogP contribution in [0.4, 0.5) is 0 Å². The van der Waals surface area contributed by atoms with Gasteiger partial charge in [-0.1, -0.05) is 304 Å². The highest BCUT2D eigenvalue weighted by molar-refractivity contribution is 5.71. The summed E-state index contributed by atoms with van der Waals surface area (Å²) < 4.78 is 17.0. The van der Waals surface area contributed by atoms with Crippen LogP contribution in [0.15, 0.2) is 109 Å². The van der Waals surface area contributed by atoms with E-state index in [0.717, 1.165) is 122 Å². The van der Waals surface area contributed by atoms with Gasteiger partial charge in [-0.15, -0.1) is 0 Å². The highest BCUT2D eigenvalue weighted by Gasteiger charge is 2.19. The zero-order chi connectivity index (χ0) is 59.9. The maximum atomic E-state index is 13.0. The van der Waals surface area contributed by atoms with Gasteiger partial charge < -0.3 is 14.2 Å². The average Bonchev–Trinajstić information content (AvgIpc) is 3.49. The molecule has 0 fully saturated rings. The van der Waals surface area contributed by atoms with E-state index in [1.165, 1.54) is 180 Å². The zero-order valence-corrected chi connectivity index (χ0v) is 54.7. The van der Waals surface area contributed by atoms with Crippen molar-refractivity contribution in [2.24, 2.45) is 0 Å². The first-order valence-electron chi connectivity index (χ1n) is 35.4. The van der Waals surface area contributed by atoms with Crippen molar-refractivity contribution >= 4 is 17.9 Å². The van der Waals surface area contributed by atoms with Crippen LogP contribution in [0.2, 0.25) is 0 Å². The van der Waals surface area contributed by atoms with Crippen molar-refractivity contribution < 1.29 is 28.6 Å². The van der Waals surface area contributed by atoms with Gasteiger partial charge in [-0.3, -0.25) is 14.4 Å². The van der Waals surface area contributed by atoms with Gasteiger partial charge in [-0.25, -0.2) is 0 Å². The molecule has 6 heteroatoms. The van der Waals surface area contributed by atoms with Crippen LogP contribution in [-0.4, -0.2) is 37.2 Å². The number of unbranched alkanes of at least 4 members (excludes halogenated alkanes) is 35. The van der Waals surface area contributed by atoms with Crippen molar-refractivity contribution in [2.45, 2.75) is 348 Å². The van der Waals surface area contributed by atoms with Crippen molar-refractivity contribution in [3.05, 3.63) is 109 Å². The Morgan fingerprint density at radius 1 is 0.253 bits per heavy atom. The summed E-state index contributed by atoms with van der Waals surface area (Å²) in [4.78, 5) is 38.5. The van der Waals surface area contributed by atoms with Gasteiger partial charge in [0.25, 0.3) is 0 Å². The van der Waals surface area contributed by atoms with Crippen LogP contribution in [-0.2, 0) is 28.6 Å². The number of esters is 3. The maximum Gasteiger partial charge on any atom is 0.306 e. The van der Waals surface area contributed by atoms with Crippen LogP contribution in [0, 0.1) is 0 Å². The Kier molecular flexibility index (Phi) is 67.2. The lowest BCUT2D eigenvalue weighted by Crippen LogP contribution is -2.30. The van der Waals surface area contributed by atoms with Crippen LogP contribution in [0.1, 0.15) is 342 Å². The lowest BCUT2D eigenvalue weighted by Gasteiger charge is -2.18. The zero-order valence-electron chi connectivity index (χ0n) is 54.7. The molecule has 6 nitrogen and oxygen atoms in total. The van der Waals surface area contributed by atoms with E-state index in [-0.39, 0.29) is 31.1 Å². The van der Waals surface area contributed by atoms with Gasteiger partial charge in [-0.05, 0) is 128 Å². The van der Waals surface area contributed by atoms with Crippen LogP contribution in [0.5, 0.6) is 0 Å². The monoisotopic (exact) mass is 1150 g/mol. The second-order valence-corrected chi connectivity index (χ2v) is 23.4. The van der Waals surface area contributed by atoms with E-state index >= 15 is 0 Å². The summed E-state index contributed by atoms with van der Waals surface area (Å²) in [5.74, 6) is -0.901. The summed E-state index contributed by atoms with van der Waals surface area (Å²) in [6.45, 7) is 6.53. The predicted octanol–water partition coefficient (Wildman–Crippen LogP) is 24.6. The molecule has 0 aromatic carbocycles. The fourth-order valence-corrected chi connectivity index (χ4v) is 9.94. The van der Waals surface area contributed by atoms with Gasteiger partial charge in [0.05, 0.1) is 0 Å². The van der Waals surface area contributed by atoms with Crippen LogP contribution in [0.25, 0.3) is 0 Å². The molecule has 0 amide bonds. The van der Waals surface area contributed by atoms with Crippen molar-refractivity contribution in [1.82, 2.24) is 0 Å². The molecule has 0 aromatic rings. The molecule has 83 heavy (non-hydrogen) atoms. The summed E-state index contributed by atoms with van der Waals surface area (Å²) in [5.41, 5.74) is 0. The first-order valence-corrected chi connectivity index (χ1v) is 35.4. The minimum atomic E-state index is -0.795. The number of allylic oxidation sites excluding steroid dienone is 18. The van der Waals surface area contributed by atoms with E-state index in [2.05, 4.69) is 130 Å². The smallest absolute Gasteiger partial charge is 0.306 e. The topological polar surface area (TPSA) is 78.9 Å². The summed E-state index contributed by atoms with van der Waals surface area (Å²) in [5, 5.41) is 0. The van der Waals surface area contributed by atoms with Crippen molar-refractivity contribution in [3.8, 4) is 0 Å². The first kappa shape index (κ1) is 79.1. The second-order valence-electron chi connectivity index (χ2n) is 23.4. The van der Waals surface area contributed by atoms with E-state index < -0.39 is 6.10 Å². The molecule has 1 atom stereocenters. The van der Waals surface area contributed by atoms with E-state index in [4.69, 9.17) is 14.2 Å². The van der Waals surface area contributed by atoms with Gasteiger partial charge in [0.1, 0.15) is 13.2 Å². The van der Waals surface area contributed by atoms with Crippen LogP contribution in [0.3, 0.4) is 0 Å². The van der Waals surface area contributed by atoms with Crippen molar-refractivity contribution in [1.29, 1.82) is 0 Å². The molecule has 0 N–H and O–H groups in total. The van der Waals surface area contributed by atoms with Gasteiger partial charge in [0.15, 0.2) is 6.10 Å². The number of hydrogen-bond donors (Lipinski definition) is 0. The van der Waals surface area contributed by atoms with E-state index in [1.807, 2.05) is 0 Å². The van der Waals surface area contributed by atoms with Crippen LogP contribution >= 0.6 is 0 Å². The molecular formula is C77H132O6. The van der Waals surface area contributed by atoms with Crippen molar-refractivity contribution in [3.63, 3.8) is 0 Å². The van der Waals surface area contributed by atoms with Gasteiger partial charge in [-0.2, -0.15) is 0 Å². The average molecular weight is 1150 g/mol. The van der Waals surface area contributed by atoms with E-state index in [1.54, 1.807) is 0 Å².